The average molecular weight is 534 g/mol. The molecule has 2 aromatic heterocycles. The lowest BCUT2D eigenvalue weighted by Crippen LogP contribution is -2.39. The number of nitrogens with zero attached hydrogens (tertiary/aromatic N) is 5. The number of anilines is 2. The van der Waals surface area contributed by atoms with Gasteiger partial charge < -0.3 is 20.1 Å². The predicted octanol–water partition coefficient (Wildman–Crippen LogP) is 5.01. The monoisotopic (exact) mass is 533 g/mol. The van der Waals surface area contributed by atoms with Crippen LogP contribution in [-0.4, -0.2) is 63.6 Å². The fourth-order valence-corrected chi connectivity index (χ4v) is 5.09. The normalized spacial score (nSPS) is 19.6. The minimum atomic E-state index is -4.41. The highest BCUT2D eigenvalue weighted by atomic mass is 19.4. The number of piperidine rings is 1. The average Bonchev–Trinajstić information content (AvgIpc) is 3.17. The maximum Gasteiger partial charge on any atom is 0.396 e. The van der Waals surface area contributed by atoms with Gasteiger partial charge in [-0.3, -0.25) is 0 Å². The second-order valence-corrected chi connectivity index (χ2v) is 10.8. The molecule has 0 spiro atoms. The van der Waals surface area contributed by atoms with Crippen molar-refractivity contribution in [2.45, 2.75) is 82.7 Å². The molecule has 0 amide bonds. The molecule has 37 heavy (non-hydrogen) atoms. The minimum absolute atomic E-state index is 0.0235. The van der Waals surface area contributed by atoms with Gasteiger partial charge in [-0.15, -0.1) is 0 Å². The van der Waals surface area contributed by atoms with E-state index < -0.39 is 24.7 Å². The molecule has 0 aliphatic carbocycles. The van der Waals surface area contributed by atoms with Gasteiger partial charge >= 0.3 is 12.4 Å². The Morgan fingerprint density at radius 1 is 1.03 bits per heavy atom. The zero-order valence-electron chi connectivity index (χ0n) is 21.2. The molecule has 206 valence electrons. The summed E-state index contributed by atoms with van der Waals surface area (Å²) in [5.41, 5.74) is -0.0904. The standard InChI is InChI=1S/C24H33F6N7/c1-22(2,3)34-8-11-37-13-16(12-23(25,26)27)35-20(37)15-5-9-36(10-6-15)21-18-17(24(28,29)30)4-7-31-19(18)32-14-33-21/h13-15,17,34H,4-12H2,1-3H3,(H,31,32,33)/t17-/m1/s1. The first-order valence-electron chi connectivity index (χ1n) is 12.5. The third-order valence-electron chi connectivity index (χ3n) is 6.74. The third-order valence-corrected chi connectivity index (χ3v) is 6.74. The maximum atomic E-state index is 13.8. The number of aromatic nitrogens is 4. The number of rotatable bonds is 6. The van der Waals surface area contributed by atoms with Crippen molar-refractivity contribution in [3.05, 3.63) is 29.6 Å². The Kier molecular flexibility index (Phi) is 7.64. The molecule has 0 aromatic carbocycles. The quantitative estimate of drug-likeness (QED) is 0.509. The van der Waals surface area contributed by atoms with Crippen LogP contribution < -0.4 is 15.5 Å². The summed E-state index contributed by atoms with van der Waals surface area (Å²) < 4.78 is 82.3. The number of nitrogens with one attached hydrogen (secondary N) is 2. The first kappa shape index (κ1) is 27.5. The molecular formula is C24H33F6N7. The summed E-state index contributed by atoms with van der Waals surface area (Å²) in [6.07, 6.45) is -6.14. The van der Waals surface area contributed by atoms with E-state index in [9.17, 15) is 26.3 Å². The van der Waals surface area contributed by atoms with E-state index in [0.717, 1.165) is 0 Å². The minimum Gasteiger partial charge on any atom is -0.370 e. The van der Waals surface area contributed by atoms with Crippen molar-refractivity contribution in [2.24, 2.45) is 0 Å². The van der Waals surface area contributed by atoms with Gasteiger partial charge in [-0.1, -0.05) is 0 Å². The SMILES string of the molecule is CC(C)(C)NCCn1cc(CC(F)(F)F)nc1C1CCN(c2ncnc3c2[C@H](C(F)(F)F)CCN3)CC1. The highest BCUT2D eigenvalue weighted by Gasteiger charge is 2.46. The molecule has 0 bridgehead atoms. The molecule has 0 radical (unpaired) electrons. The van der Waals surface area contributed by atoms with Crippen LogP contribution in [0.25, 0.3) is 0 Å². The number of imidazole rings is 1. The van der Waals surface area contributed by atoms with Crippen LogP contribution in [0.4, 0.5) is 38.0 Å². The Hall–Kier alpha value is -2.57. The lowest BCUT2D eigenvalue weighted by molar-refractivity contribution is -0.151. The van der Waals surface area contributed by atoms with E-state index in [0.29, 0.717) is 44.8 Å². The molecule has 0 saturated carbocycles. The van der Waals surface area contributed by atoms with Crippen LogP contribution in [0.15, 0.2) is 12.5 Å². The fourth-order valence-electron chi connectivity index (χ4n) is 5.09. The van der Waals surface area contributed by atoms with Gasteiger partial charge in [0.1, 0.15) is 23.8 Å². The van der Waals surface area contributed by atoms with Gasteiger partial charge in [0.05, 0.1) is 18.0 Å². The van der Waals surface area contributed by atoms with Crippen molar-refractivity contribution in [1.82, 2.24) is 24.8 Å². The molecular weight excluding hydrogens is 500 g/mol. The lowest BCUT2D eigenvalue weighted by Gasteiger charge is -2.36. The summed E-state index contributed by atoms with van der Waals surface area (Å²) in [6, 6.07) is 0. The van der Waals surface area contributed by atoms with Crippen molar-refractivity contribution in [2.75, 3.05) is 36.4 Å². The molecule has 2 N–H and O–H groups in total. The van der Waals surface area contributed by atoms with Crippen LogP contribution in [-0.2, 0) is 13.0 Å². The van der Waals surface area contributed by atoms with Crippen LogP contribution in [0.5, 0.6) is 0 Å². The molecule has 2 aromatic rings. The summed E-state index contributed by atoms with van der Waals surface area (Å²) in [5.74, 6) is -0.680. The van der Waals surface area contributed by atoms with E-state index in [1.54, 1.807) is 4.57 Å². The second kappa shape index (κ2) is 10.3. The zero-order valence-corrected chi connectivity index (χ0v) is 21.2. The van der Waals surface area contributed by atoms with Crippen molar-refractivity contribution < 1.29 is 26.3 Å². The summed E-state index contributed by atoms with van der Waals surface area (Å²) >= 11 is 0. The van der Waals surface area contributed by atoms with Gasteiger partial charge in [0, 0.05) is 55.9 Å². The first-order valence-corrected chi connectivity index (χ1v) is 12.5. The zero-order chi connectivity index (χ0) is 27.0. The highest BCUT2D eigenvalue weighted by Crippen LogP contribution is 2.46. The highest BCUT2D eigenvalue weighted by molar-refractivity contribution is 5.62. The smallest absolute Gasteiger partial charge is 0.370 e. The van der Waals surface area contributed by atoms with Gasteiger partial charge in [-0.25, -0.2) is 15.0 Å². The molecule has 4 rings (SSSR count). The second-order valence-electron chi connectivity index (χ2n) is 10.8. The summed E-state index contributed by atoms with van der Waals surface area (Å²) in [7, 11) is 0. The molecule has 0 unspecified atom stereocenters. The Balaban J connectivity index is 1.52. The topological polar surface area (TPSA) is 70.9 Å². The Morgan fingerprint density at radius 2 is 1.73 bits per heavy atom. The Morgan fingerprint density at radius 3 is 2.35 bits per heavy atom. The van der Waals surface area contributed by atoms with Gasteiger partial charge in [-0.05, 0) is 40.0 Å². The van der Waals surface area contributed by atoms with E-state index in [4.69, 9.17) is 0 Å². The van der Waals surface area contributed by atoms with Crippen LogP contribution in [0.2, 0.25) is 0 Å². The van der Waals surface area contributed by atoms with E-state index in [1.165, 1.54) is 12.5 Å². The van der Waals surface area contributed by atoms with Crippen LogP contribution >= 0.6 is 0 Å². The van der Waals surface area contributed by atoms with Crippen LogP contribution in [0, 0.1) is 0 Å². The van der Waals surface area contributed by atoms with Gasteiger partial charge in [0.2, 0.25) is 0 Å². The van der Waals surface area contributed by atoms with Gasteiger partial charge in [0.25, 0.3) is 0 Å². The van der Waals surface area contributed by atoms with Gasteiger partial charge in [-0.2, -0.15) is 26.3 Å². The van der Waals surface area contributed by atoms with E-state index >= 15 is 0 Å². The summed E-state index contributed by atoms with van der Waals surface area (Å²) in [4.78, 5) is 14.4. The van der Waals surface area contributed by atoms with Gasteiger partial charge in [0.15, 0.2) is 0 Å². The number of hydrogen-bond donors (Lipinski definition) is 2. The number of alkyl halides is 6. The van der Waals surface area contributed by atoms with Crippen molar-refractivity contribution in [3.63, 3.8) is 0 Å². The van der Waals surface area contributed by atoms with Crippen LogP contribution in [0.1, 0.15) is 69.0 Å². The third kappa shape index (κ3) is 6.85. The molecule has 2 aliphatic heterocycles. The summed E-state index contributed by atoms with van der Waals surface area (Å²) in [6.45, 7) is 8.08. The van der Waals surface area contributed by atoms with E-state index in [2.05, 4.69) is 25.6 Å². The number of fused-ring (bicyclic) bond motifs is 1. The summed E-state index contributed by atoms with van der Waals surface area (Å²) in [5, 5.41) is 6.29. The van der Waals surface area contributed by atoms with E-state index in [1.807, 2.05) is 25.7 Å². The number of halogens is 6. The van der Waals surface area contributed by atoms with E-state index in [-0.39, 0.29) is 47.3 Å². The lowest BCUT2D eigenvalue weighted by atomic mass is 9.91. The number of hydrogen-bond acceptors (Lipinski definition) is 6. The predicted molar refractivity (Wildman–Crippen MR) is 128 cm³/mol. The van der Waals surface area contributed by atoms with Crippen LogP contribution in [0.3, 0.4) is 0 Å². The van der Waals surface area contributed by atoms with Crippen molar-refractivity contribution >= 4 is 11.6 Å². The first-order chi connectivity index (χ1) is 17.2. The molecule has 2 aliphatic rings. The Labute approximate surface area is 212 Å². The van der Waals surface area contributed by atoms with Crippen molar-refractivity contribution in [1.29, 1.82) is 0 Å². The molecule has 1 fully saturated rings. The molecule has 1 atom stereocenters. The molecule has 4 heterocycles. The molecule has 1 saturated heterocycles. The molecule has 13 heteroatoms. The largest absolute Gasteiger partial charge is 0.396 e. The fraction of sp³-hybridized carbons (Fsp3) is 0.708. The van der Waals surface area contributed by atoms with Crippen molar-refractivity contribution in [3.8, 4) is 0 Å². The molecule has 7 nitrogen and oxygen atoms in total. The Bertz CT molecular complexity index is 1070. The maximum absolute atomic E-state index is 13.8.